The number of aromatic nitrogens is 2. The Morgan fingerprint density at radius 1 is 1.34 bits per heavy atom. The van der Waals surface area contributed by atoms with Crippen LogP contribution >= 0.6 is 24.0 Å². The summed E-state index contributed by atoms with van der Waals surface area (Å²) in [6, 6.07) is 5.41. The molecule has 0 spiro atoms. The van der Waals surface area contributed by atoms with E-state index in [4.69, 9.17) is 17.0 Å². The number of unbranched alkanes of at least 4 members (excludes halogenated alkanes) is 1. The standard InChI is InChI=1S/C20H24N4O3S2/c1-3-4-11-24-19(26)15(29-20(24)28)9-8-14-17(21-10-13-27-2)22-16-7-5-6-12-23(16)18(14)25/h5-7,9,12,21H,3-4,8,10-11,13H2,1-2H3/b15-9-. The normalized spacial score (nSPS) is 15.7. The maximum Gasteiger partial charge on any atom is 0.265 e. The van der Waals surface area contributed by atoms with Crippen LogP contribution in [0.5, 0.6) is 0 Å². The number of hydrogen-bond acceptors (Lipinski definition) is 7. The highest BCUT2D eigenvalue weighted by Gasteiger charge is 2.31. The molecule has 3 heterocycles. The van der Waals surface area contributed by atoms with Crippen molar-refractivity contribution in [2.24, 2.45) is 0 Å². The highest BCUT2D eigenvalue weighted by molar-refractivity contribution is 8.26. The van der Waals surface area contributed by atoms with Gasteiger partial charge in [0.15, 0.2) is 0 Å². The number of thioether (sulfide) groups is 1. The van der Waals surface area contributed by atoms with Crippen molar-refractivity contribution in [3.05, 3.63) is 51.3 Å². The van der Waals surface area contributed by atoms with E-state index in [1.807, 2.05) is 6.07 Å². The molecule has 2 aromatic heterocycles. The molecule has 1 N–H and O–H groups in total. The summed E-state index contributed by atoms with van der Waals surface area (Å²) < 4.78 is 7.16. The van der Waals surface area contributed by atoms with E-state index >= 15 is 0 Å². The zero-order chi connectivity index (χ0) is 20.8. The lowest BCUT2D eigenvalue weighted by molar-refractivity contribution is -0.122. The van der Waals surface area contributed by atoms with Crippen LogP contribution in [0.15, 0.2) is 40.2 Å². The van der Waals surface area contributed by atoms with Crippen LogP contribution in [0.1, 0.15) is 25.3 Å². The first-order valence-corrected chi connectivity index (χ1v) is 10.8. The summed E-state index contributed by atoms with van der Waals surface area (Å²) >= 11 is 6.63. The van der Waals surface area contributed by atoms with E-state index < -0.39 is 0 Å². The minimum atomic E-state index is -0.159. The number of amides is 1. The second kappa shape index (κ2) is 10.00. The van der Waals surface area contributed by atoms with Crippen LogP contribution in [0.2, 0.25) is 0 Å². The van der Waals surface area contributed by atoms with Crippen molar-refractivity contribution in [3.8, 4) is 0 Å². The Kier molecular flexibility index (Phi) is 7.40. The molecule has 1 aliphatic rings. The molecule has 0 atom stereocenters. The Labute approximate surface area is 179 Å². The fraction of sp³-hybridized carbons (Fsp3) is 0.400. The number of allylic oxidation sites excluding steroid dienone is 1. The third-order valence-electron chi connectivity index (χ3n) is 4.53. The lowest BCUT2D eigenvalue weighted by Crippen LogP contribution is -2.29. The smallest absolute Gasteiger partial charge is 0.265 e. The number of carbonyl (C=O) groups is 1. The molecule has 154 valence electrons. The van der Waals surface area contributed by atoms with Gasteiger partial charge in [0.2, 0.25) is 0 Å². The lowest BCUT2D eigenvalue weighted by atomic mass is 10.2. The summed E-state index contributed by atoms with van der Waals surface area (Å²) in [5.41, 5.74) is 0.906. The number of nitrogens with zero attached hydrogens (tertiary/aromatic N) is 3. The van der Waals surface area contributed by atoms with Crippen LogP contribution < -0.4 is 10.9 Å². The second-order valence-corrected chi connectivity index (χ2v) is 8.22. The number of rotatable bonds is 9. The van der Waals surface area contributed by atoms with Crippen LogP contribution in [0.4, 0.5) is 5.82 Å². The SMILES string of the molecule is CCCCN1C(=O)/C(=C/Cc2c(NCCOC)nc3ccccn3c2=O)SC1=S. The number of ether oxygens (including phenoxy) is 1. The quantitative estimate of drug-likeness (QED) is 0.371. The van der Waals surface area contributed by atoms with Gasteiger partial charge in [0.25, 0.3) is 11.5 Å². The van der Waals surface area contributed by atoms with Crippen molar-refractivity contribution in [2.45, 2.75) is 26.2 Å². The van der Waals surface area contributed by atoms with Gasteiger partial charge in [0, 0.05) is 32.8 Å². The minimum Gasteiger partial charge on any atom is -0.383 e. The van der Waals surface area contributed by atoms with E-state index in [0.717, 1.165) is 12.8 Å². The van der Waals surface area contributed by atoms with Gasteiger partial charge < -0.3 is 10.1 Å². The molecule has 1 saturated heterocycles. The molecule has 9 heteroatoms. The van der Waals surface area contributed by atoms with E-state index in [-0.39, 0.29) is 17.9 Å². The zero-order valence-electron chi connectivity index (χ0n) is 16.5. The maximum atomic E-state index is 13.0. The molecule has 1 fully saturated rings. The lowest BCUT2D eigenvalue weighted by Gasteiger charge is -2.13. The number of fused-ring (bicyclic) bond motifs is 1. The fourth-order valence-corrected chi connectivity index (χ4v) is 4.25. The summed E-state index contributed by atoms with van der Waals surface area (Å²) in [6.07, 6.45) is 5.66. The first-order valence-electron chi connectivity index (χ1n) is 9.53. The van der Waals surface area contributed by atoms with Crippen molar-refractivity contribution in [1.29, 1.82) is 0 Å². The van der Waals surface area contributed by atoms with Gasteiger partial charge in [0.05, 0.1) is 17.1 Å². The third kappa shape index (κ3) is 4.85. The van der Waals surface area contributed by atoms with Crippen molar-refractivity contribution in [1.82, 2.24) is 14.3 Å². The molecule has 0 aromatic carbocycles. The van der Waals surface area contributed by atoms with Crippen LogP contribution in [0.3, 0.4) is 0 Å². The van der Waals surface area contributed by atoms with Gasteiger partial charge in [-0.05, 0) is 18.6 Å². The second-order valence-electron chi connectivity index (χ2n) is 6.54. The topological polar surface area (TPSA) is 75.9 Å². The number of anilines is 1. The molecule has 29 heavy (non-hydrogen) atoms. The first-order chi connectivity index (χ1) is 14.1. The molecule has 0 unspecified atom stereocenters. The average molecular weight is 433 g/mol. The maximum absolute atomic E-state index is 13.0. The van der Waals surface area contributed by atoms with Gasteiger partial charge in [-0.1, -0.05) is 49.5 Å². The molecule has 0 bridgehead atoms. The van der Waals surface area contributed by atoms with Crippen molar-refractivity contribution >= 4 is 45.7 Å². The molecule has 7 nitrogen and oxygen atoms in total. The Balaban J connectivity index is 1.90. The number of thiocarbonyl (C=S) groups is 1. The highest BCUT2D eigenvalue weighted by atomic mass is 32.2. The van der Waals surface area contributed by atoms with Crippen LogP contribution in [-0.4, -0.2) is 51.3 Å². The number of hydrogen-bond donors (Lipinski definition) is 1. The molecular weight excluding hydrogens is 408 g/mol. The average Bonchev–Trinajstić information content (AvgIpc) is 2.99. The molecule has 1 aliphatic heterocycles. The van der Waals surface area contributed by atoms with Gasteiger partial charge >= 0.3 is 0 Å². The molecule has 3 rings (SSSR count). The van der Waals surface area contributed by atoms with Gasteiger partial charge in [-0.15, -0.1) is 0 Å². The van der Waals surface area contributed by atoms with E-state index in [1.54, 1.807) is 36.4 Å². The number of pyridine rings is 1. The van der Waals surface area contributed by atoms with Crippen molar-refractivity contribution < 1.29 is 9.53 Å². The van der Waals surface area contributed by atoms with Gasteiger partial charge in [-0.3, -0.25) is 18.9 Å². The third-order valence-corrected chi connectivity index (χ3v) is 5.95. The summed E-state index contributed by atoms with van der Waals surface area (Å²) in [4.78, 5) is 32.5. The van der Waals surface area contributed by atoms with E-state index in [0.29, 0.717) is 46.0 Å². The molecule has 0 radical (unpaired) electrons. The van der Waals surface area contributed by atoms with Crippen molar-refractivity contribution in [2.75, 3.05) is 32.1 Å². The number of carbonyl (C=O) groups excluding carboxylic acids is 1. The first kappa shape index (κ1) is 21.5. The van der Waals surface area contributed by atoms with Gasteiger partial charge in [-0.25, -0.2) is 4.98 Å². The zero-order valence-corrected chi connectivity index (χ0v) is 18.1. The molecule has 0 saturated carbocycles. The summed E-state index contributed by atoms with van der Waals surface area (Å²) in [5, 5.41) is 3.17. The summed E-state index contributed by atoms with van der Waals surface area (Å²) in [7, 11) is 1.62. The predicted octanol–water partition coefficient (Wildman–Crippen LogP) is 2.84. The Morgan fingerprint density at radius 3 is 2.93 bits per heavy atom. The van der Waals surface area contributed by atoms with E-state index in [1.165, 1.54) is 16.2 Å². The molecule has 1 amide bonds. The van der Waals surface area contributed by atoms with E-state index in [2.05, 4.69) is 17.2 Å². The van der Waals surface area contributed by atoms with E-state index in [9.17, 15) is 9.59 Å². The van der Waals surface area contributed by atoms with Crippen LogP contribution in [0, 0.1) is 0 Å². The largest absolute Gasteiger partial charge is 0.383 e. The van der Waals surface area contributed by atoms with Crippen LogP contribution in [-0.2, 0) is 16.0 Å². The fourth-order valence-electron chi connectivity index (χ4n) is 2.97. The predicted molar refractivity (Wildman–Crippen MR) is 120 cm³/mol. The number of methoxy groups -OCH3 is 1. The molecular formula is C20H24N4O3S2. The monoisotopic (exact) mass is 432 g/mol. The Morgan fingerprint density at radius 2 is 2.17 bits per heavy atom. The van der Waals surface area contributed by atoms with Crippen LogP contribution in [0.25, 0.3) is 5.65 Å². The molecule has 0 aliphatic carbocycles. The summed E-state index contributed by atoms with van der Waals surface area (Å²) in [6.45, 7) is 3.72. The minimum absolute atomic E-state index is 0.0869. The number of nitrogens with one attached hydrogen (secondary N) is 1. The van der Waals surface area contributed by atoms with Gasteiger partial charge in [-0.2, -0.15) is 0 Å². The highest BCUT2D eigenvalue weighted by Crippen LogP contribution is 2.31. The Bertz CT molecular complexity index is 1000. The Hall–Kier alpha value is -2.23. The van der Waals surface area contributed by atoms with Gasteiger partial charge in [0.1, 0.15) is 15.8 Å². The summed E-state index contributed by atoms with van der Waals surface area (Å²) in [5.74, 6) is 0.423. The molecule has 2 aromatic rings. The van der Waals surface area contributed by atoms with Crippen molar-refractivity contribution in [3.63, 3.8) is 0 Å².